The molecule has 1 aromatic rings. The molecule has 1 fully saturated rings. The van der Waals surface area contributed by atoms with E-state index in [1.54, 1.807) is 0 Å². The molecule has 2 amide bonds. The lowest BCUT2D eigenvalue weighted by molar-refractivity contribution is -0.130. The van der Waals surface area contributed by atoms with Gasteiger partial charge in [0.15, 0.2) is 0 Å². The lowest BCUT2D eigenvalue weighted by atomic mass is 9.90. The van der Waals surface area contributed by atoms with Gasteiger partial charge in [-0.2, -0.15) is 0 Å². The van der Waals surface area contributed by atoms with Gasteiger partial charge in [0.1, 0.15) is 0 Å². The topological polar surface area (TPSA) is 75.4 Å². The average Bonchev–Trinajstić information content (AvgIpc) is 3.09. The Kier molecular flexibility index (Phi) is 4.39. The molecule has 1 saturated heterocycles. The Labute approximate surface area is 137 Å². The van der Waals surface area contributed by atoms with E-state index in [1.807, 2.05) is 17.0 Å². The first-order valence-corrected chi connectivity index (χ1v) is 8.39. The van der Waals surface area contributed by atoms with Crippen LogP contribution in [0.2, 0.25) is 0 Å². The number of nitrogens with zero attached hydrogens (tertiary/aromatic N) is 1. The lowest BCUT2D eigenvalue weighted by Crippen LogP contribution is -2.34. The van der Waals surface area contributed by atoms with Crippen LogP contribution in [0.25, 0.3) is 0 Å². The Balaban J connectivity index is 1.48. The van der Waals surface area contributed by atoms with Crippen molar-refractivity contribution in [1.82, 2.24) is 4.90 Å². The molecule has 0 aliphatic carbocycles. The Morgan fingerprint density at radius 3 is 3.00 bits per heavy atom. The zero-order chi connectivity index (χ0) is 16.4. The Morgan fingerprint density at radius 1 is 1.43 bits per heavy atom. The minimum Gasteiger partial charge on any atom is -0.342 e. The van der Waals surface area contributed by atoms with E-state index in [4.69, 9.17) is 5.73 Å². The van der Waals surface area contributed by atoms with Crippen LogP contribution < -0.4 is 11.1 Å². The molecule has 0 radical (unpaired) electrons. The number of likely N-dealkylation sites (tertiary alicyclic amines) is 1. The van der Waals surface area contributed by atoms with E-state index in [9.17, 15) is 9.59 Å². The molecule has 2 heterocycles. The fraction of sp³-hybridized carbons (Fsp3) is 0.556. The Bertz CT molecular complexity index is 629. The third kappa shape index (κ3) is 3.55. The van der Waals surface area contributed by atoms with Gasteiger partial charge in [-0.1, -0.05) is 19.1 Å². The number of carbonyl (C=O) groups is 2. The minimum absolute atomic E-state index is 0.0595. The highest BCUT2D eigenvalue weighted by atomic mass is 16.2. The van der Waals surface area contributed by atoms with Crippen LogP contribution in [-0.2, 0) is 22.4 Å². The second-order valence-corrected chi connectivity index (χ2v) is 7.15. The maximum Gasteiger partial charge on any atom is 0.228 e. The number of benzene rings is 1. The van der Waals surface area contributed by atoms with Crippen LogP contribution in [0.1, 0.15) is 37.3 Å². The van der Waals surface area contributed by atoms with Gasteiger partial charge in [-0.3, -0.25) is 9.59 Å². The molecule has 3 N–H and O–H groups in total. The minimum atomic E-state index is 0.0595. The Hall–Kier alpha value is -1.88. The zero-order valence-corrected chi connectivity index (χ0v) is 13.7. The van der Waals surface area contributed by atoms with Crippen molar-refractivity contribution in [1.29, 1.82) is 0 Å². The summed E-state index contributed by atoms with van der Waals surface area (Å²) in [6.45, 7) is 4.41. The summed E-state index contributed by atoms with van der Waals surface area (Å²) in [5.74, 6) is 0.296. The SMILES string of the molecule is CC1(CN)CCN(C(=O)CCCc2ccc3c(c2)CC(=O)N3)C1. The van der Waals surface area contributed by atoms with Gasteiger partial charge in [0, 0.05) is 25.2 Å². The summed E-state index contributed by atoms with van der Waals surface area (Å²) in [5, 5.41) is 2.84. The summed E-state index contributed by atoms with van der Waals surface area (Å²) in [5.41, 5.74) is 9.07. The predicted octanol–water partition coefficient (Wildman–Crippen LogP) is 1.70. The molecule has 1 aromatic carbocycles. The molecule has 0 saturated carbocycles. The second-order valence-electron chi connectivity index (χ2n) is 7.15. The van der Waals surface area contributed by atoms with Crippen LogP contribution in [0, 0.1) is 5.41 Å². The molecule has 124 valence electrons. The number of rotatable bonds is 5. The van der Waals surface area contributed by atoms with Crippen LogP contribution in [0.15, 0.2) is 18.2 Å². The van der Waals surface area contributed by atoms with E-state index in [0.717, 1.165) is 43.6 Å². The molecule has 0 aromatic heterocycles. The van der Waals surface area contributed by atoms with Crippen molar-refractivity contribution in [3.63, 3.8) is 0 Å². The standard InChI is InChI=1S/C18H25N3O2/c1-18(11-19)7-8-21(12-18)17(23)4-2-3-13-5-6-15-14(9-13)10-16(22)20-15/h5-6,9H,2-4,7-8,10-12,19H2,1H3,(H,20,22). The van der Waals surface area contributed by atoms with Crippen molar-refractivity contribution < 1.29 is 9.59 Å². The van der Waals surface area contributed by atoms with Crippen molar-refractivity contribution in [2.75, 3.05) is 25.0 Å². The molecule has 23 heavy (non-hydrogen) atoms. The molecule has 0 bridgehead atoms. The van der Waals surface area contributed by atoms with E-state index < -0.39 is 0 Å². The summed E-state index contributed by atoms with van der Waals surface area (Å²) >= 11 is 0. The average molecular weight is 315 g/mol. The van der Waals surface area contributed by atoms with Crippen LogP contribution in [0.4, 0.5) is 5.69 Å². The lowest BCUT2D eigenvalue weighted by Gasteiger charge is -2.22. The van der Waals surface area contributed by atoms with E-state index in [-0.39, 0.29) is 17.2 Å². The van der Waals surface area contributed by atoms with Gasteiger partial charge in [-0.05, 0) is 48.4 Å². The van der Waals surface area contributed by atoms with Gasteiger partial charge in [-0.25, -0.2) is 0 Å². The van der Waals surface area contributed by atoms with Crippen molar-refractivity contribution in [3.8, 4) is 0 Å². The summed E-state index contributed by atoms with van der Waals surface area (Å²) in [7, 11) is 0. The highest BCUT2D eigenvalue weighted by molar-refractivity contribution is 5.99. The third-order valence-corrected chi connectivity index (χ3v) is 5.05. The van der Waals surface area contributed by atoms with E-state index >= 15 is 0 Å². The molecular formula is C18H25N3O2. The normalized spacial score (nSPS) is 23.0. The number of aryl methyl sites for hydroxylation is 1. The highest BCUT2D eigenvalue weighted by Crippen LogP contribution is 2.29. The molecule has 2 aliphatic rings. The van der Waals surface area contributed by atoms with E-state index in [2.05, 4.69) is 18.3 Å². The fourth-order valence-electron chi connectivity index (χ4n) is 3.44. The molecule has 1 atom stereocenters. The van der Waals surface area contributed by atoms with Gasteiger partial charge in [0.25, 0.3) is 0 Å². The first-order valence-electron chi connectivity index (χ1n) is 8.39. The Morgan fingerprint density at radius 2 is 2.26 bits per heavy atom. The van der Waals surface area contributed by atoms with Crippen molar-refractivity contribution in [3.05, 3.63) is 29.3 Å². The smallest absolute Gasteiger partial charge is 0.228 e. The number of nitrogens with one attached hydrogen (secondary N) is 1. The summed E-state index contributed by atoms with van der Waals surface area (Å²) in [6, 6.07) is 6.08. The molecule has 0 spiro atoms. The van der Waals surface area contributed by atoms with Gasteiger partial charge < -0.3 is 16.0 Å². The molecular weight excluding hydrogens is 290 g/mol. The third-order valence-electron chi connectivity index (χ3n) is 5.05. The maximum absolute atomic E-state index is 12.3. The van der Waals surface area contributed by atoms with Gasteiger partial charge in [-0.15, -0.1) is 0 Å². The number of hydrogen-bond donors (Lipinski definition) is 2. The summed E-state index contributed by atoms with van der Waals surface area (Å²) < 4.78 is 0. The predicted molar refractivity (Wildman–Crippen MR) is 90.1 cm³/mol. The fourth-order valence-corrected chi connectivity index (χ4v) is 3.44. The van der Waals surface area contributed by atoms with Crippen LogP contribution in [0.3, 0.4) is 0 Å². The van der Waals surface area contributed by atoms with Gasteiger partial charge >= 0.3 is 0 Å². The number of nitrogens with two attached hydrogens (primary N) is 1. The van der Waals surface area contributed by atoms with Crippen LogP contribution in [0.5, 0.6) is 0 Å². The van der Waals surface area contributed by atoms with Gasteiger partial charge in [0.2, 0.25) is 11.8 Å². The number of anilines is 1. The van der Waals surface area contributed by atoms with Crippen molar-refractivity contribution in [2.45, 2.75) is 39.0 Å². The van der Waals surface area contributed by atoms with E-state index in [1.165, 1.54) is 5.56 Å². The number of amides is 2. The number of fused-ring (bicyclic) bond motifs is 1. The summed E-state index contributed by atoms with van der Waals surface area (Å²) in [6.07, 6.45) is 3.76. The van der Waals surface area contributed by atoms with E-state index in [0.29, 0.717) is 19.4 Å². The molecule has 1 unspecified atom stereocenters. The quantitative estimate of drug-likeness (QED) is 0.868. The largest absolute Gasteiger partial charge is 0.342 e. The highest BCUT2D eigenvalue weighted by Gasteiger charge is 2.34. The summed E-state index contributed by atoms with van der Waals surface area (Å²) in [4.78, 5) is 25.6. The maximum atomic E-state index is 12.3. The van der Waals surface area contributed by atoms with Crippen LogP contribution >= 0.6 is 0 Å². The van der Waals surface area contributed by atoms with Gasteiger partial charge in [0.05, 0.1) is 6.42 Å². The number of carbonyl (C=O) groups excluding carboxylic acids is 2. The first-order chi connectivity index (χ1) is 11.0. The molecule has 5 nitrogen and oxygen atoms in total. The molecule has 3 rings (SSSR count). The van der Waals surface area contributed by atoms with Crippen molar-refractivity contribution in [2.24, 2.45) is 11.1 Å². The van der Waals surface area contributed by atoms with Crippen molar-refractivity contribution >= 4 is 17.5 Å². The van der Waals surface area contributed by atoms with Crippen LogP contribution in [-0.4, -0.2) is 36.3 Å². The second kappa shape index (κ2) is 6.32. The first kappa shape index (κ1) is 16.0. The number of hydrogen-bond acceptors (Lipinski definition) is 3. The molecule has 5 heteroatoms. The monoisotopic (exact) mass is 315 g/mol. The zero-order valence-electron chi connectivity index (χ0n) is 13.7. The molecule has 2 aliphatic heterocycles.